The molecule has 0 radical (unpaired) electrons. The largest absolute Gasteiger partial charge is 0.465 e. The molecule has 0 saturated heterocycles. The van der Waals surface area contributed by atoms with E-state index >= 15 is 0 Å². The summed E-state index contributed by atoms with van der Waals surface area (Å²) in [6, 6.07) is 7.72. The first-order valence-corrected chi connectivity index (χ1v) is 8.48. The number of rotatable bonds is 6. The van der Waals surface area contributed by atoms with Crippen LogP contribution in [-0.2, 0) is 20.8 Å². The molecule has 27 heavy (non-hydrogen) atoms. The first-order chi connectivity index (χ1) is 12.8. The van der Waals surface area contributed by atoms with Crippen LogP contribution in [0.4, 0.5) is 0 Å². The fourth-order valence-corrected chi connectivity index (χ4v) is 2.87. The van der Waals surface area contributed by atoms with Gasteiger partial charge in [0.25, 0.3) is 0 Å². The van der Waals surface area contributed by atoms with Gasteiger partial charge in [0.2, 0.25) is 0 Å². The molecule has 7 nitrogen and oxygen atoms in total. The Labute approximate surface area is 157 Å². The molecule has 0 amide bonds. The van der Waals surface area contributed by atoms with Crippen molar-refractivity contribution in [3.8, 4) is 0 Å². The number of aryl methyl sites for hydroxylation is 1. The number of carbonyl (C=O) groups excluding carboxylic acids is 3. The third-order valence-corrected chi connectivity index (χ3v) is 4.23. The predicted molar refractivity (Wildman–Crippen MR) is 98.1 cm³/mol. The predicted octanol–water partition coefficient (Wildman–Crippen LogP) is 2.90. The van der Waals surface area contributed by atoms with Gasteiger partial charge in [0, 0.05) is 12.2 Å². The van der Waals surface area contributed by atoms with Gasteiger partial charge in [-0.2, -0.15) is 0 Å². The van der Waals surface area contributed by atoms with Crippen LogP contribution in [0.1, 0.15) is 54.9 Å². The van der Waals surface area contributed by atoms with Crippen molar-refractivity contribution in [3.05, 3.63) is 57.9 Å². The second-order valence-corrected chi connectivity index (χ2v) is 5.96. The number of hydrogen-bond donors (Lipinski definition) is 0. The first-order valence-electron chi connectivity index (χ1n) is 8.48. The van der Waals surface area contributed by atoms with Gasteiger partial charge in [-0.25, -0.2) is 14.4 Å². The van der Waals surface area contributed by atoms with Crippen LogP contribution >= 0.6 is 0 Å². The van der Waals surface area contributed by atoms with Crippen molar-refractivity contribution in [1.29, 1.82) is 0 Å². The molecule has 0 saturated carbocycles. The zero-order chi connectivity index (χ0) is 20.1. The lowest BCUT2D eigenvalue weighted by Crippen LogP contribution is -2.17. The fourth-order valence-electron chi connectivity index (χ4n) is 2.87. The highest BCUT2D eigenvalue weighted by Gasteiger charge is 2.34. The van der Waals surface area contributed by atoms with E-state index in [1.165, 1.54) is 14.2 Å². The summed E-state index contributed by atoms with van der Waals surface area (Å²) in [5.74, 6) is -2.23. The van der Waals surface area contributed by atoms with Crippen molar-refractivity contribution in [3.63, 3.8) is 0 Å². The molecule has 0 aliphatic heterocycles. The third-order valence-electron chi connectivity index (χ3n) is 4.23. The summed E-state index contributed by atoms with van der Waals surface area (Å²) in [7, 11) is 2.40. The topological polar surface area (TPSA) is 83.8 Å². The zero-order valence-corrected chi connectivity index (χ0v) is 16.1. The lowest BCUT2D eigenvalue weighted by molar-refractivity contribution is 0.0501. The van der Waals surface area contributed by atoms with Gasteiger partial charge in [-0.3, -0.25) is 0 Å². The molecule has 0 aliphatic rings. The monoisotopic (exact) mass is 373 g/mol. The minimum absolute atomic E-state index is 0.0104. The summed E-state index contributed by atoms with van der Waals surface area (Å²) in [5.41, 5.74) is 2.25. The van der Waals surface area contributed by atoms with E-state index in [0.717, 1.165) is 11.1 Å². The van der Waals surface area contributed by atoms with Crippen LogP contribution < -0.4 is 0 Å². The van der Waals surface area contributed by atoms with Crippen molar-refractivity contribution in [2.75, 3.05) is 20.8 Å². The lowest BCUT2D eigenvalue weighted by atomic mass is 10.1. The number of esters is 3. The Balaban J connectivity index is 2.73. The molecule has 0 atom stereocenters. The van der Waals surface area contributed by atoms with Gasteiger partial charge in [0.15, 0.2) is 0 Å². The highest BCUT2D eigenvalue weighted by Crippen LogP contribution is 2.27. The maximum atomic E-state index is 12.5. The van der Waals surface area contributed by atoms with Gasteiger partial charge in [0.05, 0.1) is 26.4 Å². The van der Waals surface area contributed by atoms with Crippen LogP contribution in [-0.4, -0.2) is 43.3 Å². The van der Waals surface area contributed by atoms with Crippen molar-refractivity contribution < 1.29 is 28.6 Å². The van der Waals surface area contributed by atoms with Crippen molar-refractivity contribution in [2.24, 2.45) is 0 Å². The Morgan fingerprint density at radius 2 is 1.48 bits per heavy atom. The average Bonchev–Trinajstić information content (AvgIpc) is 2.95. The van der Waals surface area contributed by atoms with Crippen LogP contribution in [0.5, 0.6) is 0 Å². The Kier molecular flexibility index (Phi) is 6.39. The molecule has 0 N–H and O–H groups in total. The van der Waals surface area contributed by atoms with E-state index in [1.807, 2.05) is 31.2 Å². The number of nitrogens with zero attached hydrogens (tertiary/aromatic N) is 1. The summed E-state index contributed by atoms with van der Waals surface area (Å²) in [5, 5.41) is 0. The molecule has 2 rings (SSSR count). The minimum atomic E-state index is -0.802. The summed E-state index contributed by atoms with van der Waals surface area (Å²) in [6.07, 6.45) is 0. The number of methoxy groups -OCH3 is 2. The van der Waals surface area contributed by atoms with Gasteiger partial charge in [-0.05, 0) is 26.3 Å². The SMILES string of the molecule is CCOC(=O)c1c(C(=O)OC)c(C(=O)OC)n(Cc2ccc(C)cc2)c1C. The summed E-state index contributed by atoms with van der Waals surface area (Å²) < 4.78 is 16.3. The van der Waals surface area contributed by atoms with Crippen LogP contribution in [0, 0.1) is 13.8 Å². The molecule has 144 valence electrons. The number of hydrogen-bond acceptors (Lipinski definition) is 6. The van der Waals surface area contributed by atoms with Gasteiger partial charge >= 0.3 is 17.9 Å². The van der Waals surface area contributed by atoms with Crippen molar-refractivity contribution >= 4 is 17.9 Å². The number of ether oxygens (including phenoxy) is 3. The number of aromatic nitrogens is 1. The standard InChI is InChI=1S/C20H23NO6/c1-6-27-19(23)15-13(3)21(11-14-9-7-12(2)8-10-14)17(20(24)26-5)16(15)18(22)25-4/h7-10H,6,11H2,1-5H3. The van der Waals surface area contributed by atoms with Crippen LogP contribution in [0.2, 0.25) is 0 Å². The first kappa shape index (κ1) is 20.2. The highest BCUT2D eigenvalue weighted by atomic mass is 16.5. The zero-order valence-electron chi connectivity index (χ0n) is 16.1. The Morgan fingerprint density at radius 3 is 2.00 bits per heavy atom. The van der Waals surface area contributed by atoms with Gasteiger partial charge in [-0.15, -0.1) is 0 Å². The maximum Gasteiger partial charge on any atom is 0.355 e. The smallest absolute Gasteiger partial charge is 0.355 e. The lowest BCUT2D eigenvalue weighted by Gasteiger charge is -2.11. The van der Waals surface area contributed by atoms with Crippen LogP contribution in [0.25, 0.3) is 0 Å². The Bertz CT molecular complexity index is 864. The molecule has 0 aliphatic carbocycles. The molecule has 0 bridgehead atoms. The van der Waals surface area contributed by atoms with E-state index in [2.05, 4.69) is 0 Å². The van der Waals surface area contributed by atoms with E-state index in [9.17, 15) is 14.4 Å². The second-order valence-electron chi connectivity index (χ2n) is 5.96. The molecule has 7 heteroatoms. The summed E-state index contributed by atoms with van der Waals surface area (Å²) in [6.45, 7) is 5.70. The number of benzene rings is 1. The number of carbonyl (C=O) groups is 3. The van der Waals surface area contributed by atoms with Crippen molar-refractivity contribution in [1.82, 2.24) is 4.57 Å². The molecule has 1 aromatic heterocycles. The molecule has 0 unspecified atom stereocenters. The second kappa shape index (κ2) is 8.53. The third kappa shape index (κ3) is 4.02. The van der Waals surface area contributed by atoms with E-state index in [1.54, 1.807) is 18.4 Å². The van der Waals surface area contributed by atoms with Gasteiger partial charge in [0.1, 0.15) is 11.3 Å². The molecule has 1 heterocycles. The van der Waals surface area contributed by atoms with Gasteiger partial charge in [-0.1, -0.05) is 29.8 Å². The normalized spacial score (nSPS) is 10.4. The van der Waals surface area contributed by atoms with Crippen LogP contribution in [0.3, 0.4) is 0 Å². The summed E-state index contributed by atoms with van der Waals surface area (Å²) in [4.78, 5) is 37.3. The summed E-state index contributed by atoms with van der Waals surface area (Å²) >= 11 is 0. The van der Waals surface area contributed by atoms with Gasteiger partial charge < -0.3 is 18.8 Å². The fraction of sp³-hybridized carbons (Fsp3) is 0.350. The van der Waals surface area contributed by atoms with E-state index in [0.29, 0.717) is 5.69 Å². The molecule has 1 aromatic carbocycles. The highest BCUT2D eigenvalue weighted by molar-refractivity contribution is 6.11. The van der Waals surface area contributed by atoms with E-state index < -0.39 is 17.9 Å². The quantitative estimate of drug-likeness (QED) is 0.572. The molecular weight excluding hydrogens is 350 g/mol. The molecule has 2 aromatic rings. The van der Waals surface area contributed by atoms with Crippen molar-refractivity contribution in [2.45, 2.75) is 27.3 Å². The Morgan fingerprint density at radius 1 is 0.889 bits per heavy atom. The Hall–Kier alpha value is -3.09. The maximum absolute atomic E-state index is 12.5. The minimum Gasteiger partial charge on any atom is -0.465 e. The average molecular weight is 373 g/mol. The molecule has 0 spiro atoms. The van der Waals surface area contributed by atoms with E-state index in [4.69, 9.17) is 14.2 Å². The molecule has 0 fully saturated rings. The molecular formula is C20H23NO6. The van der Waals surface area contributed by atoms with E-state index in [-0.39, 0.29) is 30.0 Å². The van der Waals surface area contributed by atoms with Crippen LogP contribution in [0.15, 0.2) is 24.3 Å².